The van der Waals surface area contributed by atoms with Crippen molar-refractivity contribution >= 4 is 39.6 Å². The molecule has 0 aliphatic heterocycles. The zero-order chi connectivity index (χ0) is 18.5. The van der Waals surface area contributed by atoms with Crippen LogP contribution in [0.25, 0.3) is 10.2 Å². The minimum atomic E-state index is -0.333. The van der Waals surface area contributed by atoms with Gasteiger partial charge in [-0.25, -0.2) is 14.8 Å². The van der Waals surface area contributed by atoms with E-state index in [9.17, 15) is 4.79 Å². The molecule has 1 aliphatic rings. The molecule has 1 aliphatic carbocycles. The van der Waals surface area contributed by atoms with E-state index in [-0.39, 0.29) is 5.97 Å². The third kappa shape index (κ3) is 3.61. The monoisotopic (exact) mass is 374 g/mol. The first kappa shape index (κ1) is 18.8. The summed E-state index contributed by atoms with van der Waals surface area (Å²) in [6.07, 6.45) is 7.91. The number of pyridine rings is 1. The first-order valence-electron chi connectivity index (χ1n) is 9.49. The number of aryl methyl sites for hydroxylation is 2. The summed E-state index contributed by atoms with van der Waals surface area (Å²) < 4.78 is 10.6. The van der Waals surface area contributed by atoms with E-state index in [0.29, 0.717) is 23.8 Å². The maximum atomic E-state index is 12.5. The molecule has 0 unspecified atom stereocenters. The molecular formula is C20H26N2O3S. The van der Waals surface area contributed by atoms with Crippen LogP contribution in [0.2, 0.25) is 0 Å². The minimum Gasteiger partial charge on any atom is -0.483 e. The summed E-state index contributed by atoms with van der Waals surface area (Å²) in [5, 5.41) is 1.02. The zero-order valence-corrected chi connectivity index (χ0v) is 16.6. The molecule has 5 nitrogen and oxygen atoms in total. The maximum Gasteiger partial charge on any atom is 0.350 e. The molecule has 2 aromatic rings. The van der Waals surface area contributed by atoms with Gasteiger partial charge in [-0.1, -0.05) is 13.3 Å². The lowest BCUT2D eigenvalue weighted by atomic mass is 9.87. The van der Waals surface area contributed by atoms with Crippen molar-refractivity contribution in [3.05, 3.63) is 21.7 Å². The van der Waals surface area contributed by atoms with E-state index in [1.54, 1.807) is 0 Å². The van der Waals surface area contributed by atoms with Crippen molar-refractivity contribution < 1.29 is 14.3 Å². The third-order valence-corrected chi connectivity index (χ3v) is 5.64. The van der Waals surface area contributed by atoms with Crippen LogP contribution in [0.5, 0.6) is 0 Å². The Morgan fingerprint density at radius 3 is 2.65 bits per heavy atom. The highest BCUT2D eigenvalue weighted by molar-refractivity contribution is 7.21. The van der Waals surface area contributed by atoms with E-state index >= 15 is 0 Å². The first-order valence-corrected chi connectivity index (χ1v) is 10.3. The highest BCUT2D eigenvalue weighted by Crippen LogP contribution is 2.43. The van der Waals surface area contributed by atoms with Crippen molar-refractivity contribution in [2.75, 3.05) is 13.2 Å². The fourth-order valence-corrected chi connectivity index (χ4v) is 4.58. The number of hydrogen-bond acceptors (Lipinski definition) is 6. The Bertz CT molecular complexity index is 826. The fourth-order valence-electron chi connectivity index (χ4n) is 3.52. The number of carbonyl (C=O) groups excluding carboxylic acids is 1. The van der Waals surface area contributed by atoms with Gasteiger partial charge in [0, 0.05) is 11.1 Å². The minimum absolute atomic E-state index is 0.333. The van der Waals surface area contributed by atoms with E-state index in [0.717, 1.165) is 42.3 Å². The van der Waals surface area contributed by atoms with Gasteiger partial charge < -0.3 is 9.47 Å². The van der Waals surface area contributed by atoms with Crippen LogP contribution in [0.15, 0.2) is 4.99 Å². The molecule has 2 aromatic heterocycles. The lowest BCUT2D eigenvalue weighted by Crippen LogP contribution is -2.09. The quantitative estimate of drug-likeness (QED) is 0.389. The number of aliphatic imine (C=N–C) groups is 1. The molecule has 0 atom stereocenters. The molecule has 3 rings (SSSR count). The highest BCUT2D eigenvalue weighted by Gasteiger charge is 2.26. The summed E-state index contributed by atoms with van der Waals surface area (Å²) in [5.74, 6) is -0.333. The number of thiophene rings is 1. The Hall–Kier alpha value is -1.95. The lowest BCUT2D eigenvalue weighted by Gasteiger charge is -2.20. The van der Waals surface area contributed by atoms with Crippen LogP contribution < -0.4 is 0 Å². The summed E-state index contributed by atoms with van der Waals surface area (Å²) in [4.78, 5) is 23.3. The van der Waals surface area contributed by atoms with E-state index in [1.165, 1.54) is 41.0 Å². The van der Waals surface area contributed by atoms with Crippen LogP contribution in [0.4, 0.5) is 5.69 Å². The molecule has 0 saturated carbocycles. The highest BCUT2D eigenvalue weighted by atomic mass is 32.1. The van der Waals surface area contributed by atoms with E-state index in [1.807, 2.05) is 13.8 Å². The molecular weight excluding hydrogens is 348 g/mol. The predicted octanol–water partition coefficient (Wildman–Crippen LogP) is 5.00. The van der Waals surface area contributed by atoms with Crippen molar-refractivity contribution in [1.82, 2.24) is 4.98 Å². The van der Waals surface area contributed by atoms with E-state index in [4.69, 9.17) is 14.5 Å². The Morgan fingerprint density at radius 1 is 1.19 bits per heavy atom. The first-order chi connectivity index (χ1) is 12.7. The van der Waals surface area contributed by atoms with E-state index < -0.39 is 0 Å². The second kappa shape index (κ2) is 8.62. The van der Waals surface area contributed by atoms with Gasteiger partial charge in [-0.15, -0.1) is 11.3 Å². The predicted molar refractivity (Wildman–Crippen MR) is 106 cm³/mol. The topological polar surface area (TPSA) is 60.8 Å². The normalized spacial score (nSPS) is 14.0. The summed E-state index contributed by atoms with van der Waals surface area (Å²) in [6, 6.07) is 0. The smallest absolute Gasteiger partial charge is 0.350 e. The van der Waals surface area contributed by atoms with Gasteiger partial charge in [0.15, 0.2) is 6.40 Å². The van der Waals surface area contributed by atoms with Crippen LogP contribution in [0, 0.1) is 0 Å². The number of fused-ring (bicyclic) bond motifs is 3. The van der Waals surface area contributed by atoms with Crippen LogP contribution in [-0.4, -0.2) is 30.6 Å². The number of hydrogen-bond donors (Lipinski definition) is 0. The van der Waals surface area contributed by atoms with Crippen molar-refractivity contribution in [2.24, 2.45) is 4.99 Å². The Kier molecular flexibility index (Phi) is 6.25. The molecule has 0 fully saturated rings. The number of ether oxygens (including phenoxy) is 2. The molecule has 0 bridgehead atoms. The summed E-state index contributed by atoms with van der Waals surface area (Å²) >= 11 is 1.39. The molecule has 0 amide bonds. The molecule has 0 saturated heterocycles. The molecule has 0 radical (unpaired) electrons. The van der Waals surface area contributed by atoms with Crippen LogP contribution in [-0.2, 0) is 28.7 Å². The summed E-state index contributed by atoms with van der Waals surface area (Å²) in [5.41, 5.74) is 4.53. The van der Waals surface area contributed by atoms with Gasteiger partial charge in [0.25, 0.3) is 0 Å². The van der Waals surface area contributed by atoms with Gasteiger partial charge in [0.1, 0.15) is 15.4 Å². The van der Waals surface area contributed by atoms with E-state index in [2.05, 4.69) is 11.9 Å². The standard InChI is InChI=1S/C20H26N2O3S/c1-4-9-15-13-10-7-8-11-14(13)16-17(21-12-24-5-2)18(20(23)25-6-3)26-19(16)22-15/h12H,4-11H2,1-3H3. The molecule has 0 N–H and O–H groups in total. The van der Waals surface area contributed by atoms with Gasteiger partial charge in [-0.05, 0) is 57.1 Å². The molecule has 6 heteroatoms. The maximum absolute atomic E-state index is 12.5. The molecule has 0 spiro atoms. The lowest BCUT2D eigenvalue weighted by molar-refractivity contribution is 0.0533. The van der Waals surface area contributed by atoms with Gasteiger partial charge >= 0.3 is 5.97 Å². The average molecular weight is 375 g/mol. The fraction of sp³-hybridized carbons (Fsp3) is 0.550. The number of rotatable bonds is 7. The number of esters is 1. The SMILES string of the molecule is CCCc1nc2sc(C(=O)OCC)c(N=COCC)c2c2c1CCCC2. The van der Waals surface area contributed by atoms with Gasteiger partial charge in [-0.2, -0.15) is 0 Å². The molecule has 26 heavy (non-hydrogen) atoms. The zero-order valence-electron chi connectivity index (χ0n) is 15.8. The van der Waals surface area contributed by atoms with Gasteiger partial charge in [0.05, 0.1) is 13.2 Å². The van der Waals surface area contributed by atoms with Gasteiger partial charge in [-0.3, -0.25) is 0 Å². The average Bonchev–Trinajstić information content (AvgIpc) is 3.01. The number of carbonyl (C=O) groups is 1. The third-order valence-electron chi connectivity index (χ3n) is 4.59. The summed E-state index contributed by atoms with van der Waals surface area (Å²) in [7, 11) is 0. The second-order valence-corrected chi connectivity index (χ2v) is 7.34. The van der Waals surface area contributed by atoms with Crippen molar-refractivity contribution in [1.29, 1.82) is 0 Å². The van der Waals surface area contributed by atoms with Crippen molar-refractivity contribution in [3.8, 4) is 0 Å². The molecule has 2 heterocycles. The van der Waals surface area contributed by atoms with Crippen LogP contribution >= 0.6 is 11.3 Å². The number of nitrogens with zero attached hydrogens (tertiary/aromatic N) is 2. The Morgan fingerprint density at radius 2 is 1.96 bits per heavy atom. The summed E-state index contributed by atoms with van der Waals surface area (Å²) in [6.45, 7) is 6.78. The van der Waals surface area contributed by atoms with Gasteiger partial charge in [0.2, 0.25) is 0 Å². The number of aromatic nitrogens is 1. The molecule has 140 valence electrons. The molecule has 0 aromatic carbocycles. The van der Waals surface area contributed by atoms with Crippen LogP contribution in [0.3, 0.4) is 0 Å². The Labute approximate surface area is 158 Å². The van der Waals surface area contributed by atoms with Crippen molar-refractivity contribution in [3.63, 3.8) is 0 Å². The second-order valence-electron chi connectivity index (χ2n) is 6.34. The largest absolute Gasteiger partial charge is 0.483 e. The van der Waals surface area contributed by atoms with Crippen LogP contribution in [0.1, 0.15) is 66.5 Å². The Balaban J connectivity index is 2.24. The van der Waals surface area contributed by atoms with Crippen molar-refractivity contribution in [2.45, 2.75) is 59.3 Å².